The molecule has 1 aromatic heterocycles. The number of hydrogen-bond acceptors (Lipinski definition) is 3. The molecule has 2 aromatic rings. The number of anilines is 2. The van der Waals surface area contributed by atoms with Crippen LogP contribution in [0.4, 0.5) is 15.9 Å². The van der Waals surface area contributed by atoms with Crippen LogP contribution in [0.2, 0.25) is 0 Å². The number of aromatic carboxylic acids is 1. The van der Waals surface area contributed by atoms with Crippen LogP contribution in [0.5, 0.6) is 0 Å². The molecule has 94 valence electrons. The van der Waals surface area contributed by atoms with Gasteiger partial charge in [-0.3, -0.25) is 0 Å². The van der Waals surface area contributed by atoms with Crippen molar-refractivity contribution in [2.24, 2.45) is 0 Å². The molecule has 4 nitrogen and oxygen atoms in total. The van der Waals surface area contributed by atoms with E-state index in [1.54, 1.807) is 24.3 Å². The van der Waals surface area contributed by atoms with Gasteiger partial charge < -0.3 is 10.4 Å². The number of halogens is 1. The zero-order valence-corrected chi connectivity index (χ0v) is 9.72. The van der Waals surface area contributed by atoms with E-state index in [1.165, 1.54) is 0 Å². The quantitative estimate of drug-likeness (QED) is 0.829. The molecule has 0 unspecified atom stereocenters. The van der Waals surface area contributed by atoms with Gasteiger partial charge in [-0.15, -0.1) is 6.42 Å². The summed E-state index contributed by atoms with van der Waals surface area (Å²) in [6.07, 6.45) is 6.22. The normalized spacial score (nSPS) is 9.68. The molecule has 0 fully saturated rings. The van der Waals surface area contributed by atoms with Crippen molar-refractivity contribution in [3.8, 4) is 12.3 Å². The van der Waals surface area contributed by atoms with Gasteiger partial charge in [-0.25, -0.2) is 14.2 Å². The fourth-order valence-electron chi connectivity index (χ4n) is 1.53. The van der Waals surface area contributed by atoms with Gasteiger partial charge in [-0.1, -0.05) is 12.0 Å². The van der Waals surface area contributed by atoms with Crippen LogP contribution in [0.15, 0.2) is 36.5 Å². The number of terminal acetylenes is 1. The van der Waals surface area contributed by atoms with E-state index in [1.807, 2.05) is 0 Å². The molecule has 0 radical (unpaired) electrons. The molecular weight excluding hydrogens is 247 g/mol. The number of hydrogen-bond donors (Lipinski definition) is 2. The first-order valence-corrected chi connectivity index (χ1v) is 5.32. The highest BCUT2D eigenvalue weighted by molar-refractivity contribution is 5.93. The van der Waals surface area contributed by atoms with E-state index in [-0.39, 0.29) is 11.4 Å². The summed E-state index contributed by atoms with van der Waals surface area (Å²) in [7, 11) is 0. The van der Waals surface area contributed by atoms with Crippen molar-refractivity contribution < 1.29 is 14.3 Å². The first-order chi connectivity index (χ1) is 9.10. The van der Waals surface area contributed by atoms with E-state index in [4.69, 9.17) is 11.5 Å². The van der Waals surface area contributed by atoms with Crippen LogP contribution < -0.4 is 5.32 Å². The predicted molar refractivity (Wildman–Crippen MR) is 68.8 cm³/mol. The highest BCUT2D eigenvalue weighted by Gasteiger charge is 2.13. The molecule has 0 atom stereocenters. The number of carboxylic acid groups (broad SMARTS) is 1. The number of carboxylic acids is 1. The Balaban J connectivity index is 2.38. The molecule has 0 aliphatic heterocycles. The second-order valence-corrected chi connectivity index (χ2v) is 3.70. The van der Waals surface area contributed by atoms with Gasteiger partial charge in [0.2, 0.25) is 0 Å². The number of nitrogens with one attached hydrogen (secondary N) is 1. The van der Waals surface area contributed by atoms with E-state index < -0.39 is 11.8 Å². The lowest BCUT2D eigenvalue weighted by Crippen LogP contribution is -2.05. The second-order valence-electron chi connectivity index (χ2n) is 3.70. The maximum atomic E-state index is 13.0. The Morgan fingerprint density at radius 2 is 2.21 bits per heavy atom. The van der Waals surface area contributed by atoms with Gasteiger partial charge in [-0.2, -0.15) is 0 Å². The molecule has 0 aliphatic carbocycles. The van der Waals surface area contributed by atoms with E-state index in [0.717, 1.165) is 12.3 Å². The topological polar surface area (TPSA) is 62.2 Å². The van der Waals surface area contributed by atoms with Crippen LogP contribution in [-0.4, -0.2) is 16.1 Å². The van der Waals surface area contributed by atoms with Crippen LogP contribution in [-0.2, 0) is 0 Å². The van der Waals surface area contributed by atoms with Crippen molar-refractivity contribution in [1.29, 1.82) is 0 Å². The molecule has 0 spiro atoms. The van der Waals surface area contributed by atoms with Crippen LogP contribution in [0.3, 0.4) is 0 Å². The number of aromatic nitrogens is 1. The number of carbonyl (C=O) groups is 1. The van der Waals surface area contributed by atoms with Crippen molar-refractivity contribution in [3.05, 3.63) is 53.5 Å². The van der Waals surface area contributed by atoms with Crippen molar-refractivity contribution in [2.45, 2.75) is 0 Å². The highest BCUT2D eigenvalue weighted by Crippen LogP contribution is 2.20. The third-order valence-corrected chi connectivity index (χ3v) is 2.38. The minimum Gasteiger partial charge on any atom is -0.478 e. The fraction of sp³-hybridized carbons (Fsp3) is 0. The summed E-state index contributed by atoms with van der Waals surface area (Å²) >= 11 is 0. The van der Waals surface area contributed by atoms with Crippen LogP contribution in [0.1, 0.15) is 15.9 Å². The van der Waals surface area contributed by atoms with Gasteiger partial charge in [0.1, 0.15) is 17.2 Å². The summed E-state index contributed by atoms with van der Waals surface area (Å²) in [5.74, 6) is 0.552. The molecule has 0 aliphatic rings. The lowest BCUT2D eigenvalue weighted by Gasteiger charge is -2.08. The molecule has 5 heteroatoms. The van der Waals surface area contributed by atoms with E-state index >= 15 is 0 Å². The Hall–Kier alpha value is -2.87. The highest BCUT2D eigenvalue weighted by atomic mass is 19.1. The van der Waals surface area contributed by atoms with E-state index in [0.29, 0.717) is 11.3 Å². The third kappa shape index (κ3) is 2.87. The fourth-order valence-corrected chi connectivity index (χ4v) is 1.53. The lowest BCUT2D eigenvalue weighted by atomic mass is 10.2. The molecule has 2 N–H and O–H groups in total. The van der Waals surface area contributed by atoms with Crippen molar-refractivity contribution >= 4 is 17.5 Å². The Labute approximate surface area is 108 Å². The first-order valence-electron chi connectivity index (χ1n) is 5.32. The maximum Gasteiger partial charge on any atom is 0.339 e. The minimum absolute atomic E-state index is 0.0584. The minimum atomic E-state index is -1.26. The smallest absolute Gasteiger partial charge is 0.339 e. The number of pyridine rings is 1. The number of benzene rings is 1. The van der Waals surface area contributed by atoms with E-state index in [2.05, 4.69) is 16.2 Å². The Bertz CT molecular complexity index is 677. The van der Waals surface area contributed by atoms with Gasteiger partial charge in [0.15, 0.2) is 0 Å². The summed E-state index contributed by atoms with van der Waals surface area (Å²) in [5, 5.41) is 11.8. The monoisotopic (exact) mass is 256 g/mol. The van der Waals surface area contributed by atoms with Crippen LogP contribution in [0.25, 0.3) is 0 Å². The molecule has 19 heavy (non-hydrogen) atoms. The van der Waals surface area contributed by atoms with Crippen molar-refractivity contribution in [2.75, 3.05) is 5.32 Å². The maximum absolute atomic E-state index is 13.0. The van der Waals surface area contributed by atoms with Gasteiger partial charge >= 0.3 is 5.97 Å². The van der Waals surface area contributed by atoms with Gasteiger partial charge in [-0.05, 0) is 24.3 Å². The molecule has 1 heterocycles. The summed E-state index contributed by atoms with van der Waals surface area (Å²) in [5.41, 5.74) is 0.979. The molecule has 2 rings (SSSR count). The Kier molecular flexibility index (Phi) is 3.44. The average molecular weight is 256 g/mol. The van der Waals surface area contributed by atoms with E-state index in [9.17, 15) is 9.18 Å². The summed E-state index contributed by atoms with van der Waals surface area (Å²) < 4.78 is 13.0. The van der Waals surface area contributed by atoms with Gasteiger partial charge in [0.25, 0.3) is 0 Å². The molecular formula is C14H9FN2O2. The standard InChI is InChI=1S/C14H9FN2O2/c1-2-9-4-3-5-11(6-9)17-13-12(14(18)19)7-10(15)8-16-13/h1,3-8H,(H,16,17)(H,18,19). The average Bonchev–Trinajstić information content (AvgIpc) is 2.41. The number of rotatable bonds is 3. The summed E-state index contributed by atoms with van der Waals surface area (Å²) in [6, 6.07) is 7.74. The van der Waals surface area contributed by atoms with Crippen molar-refractivity contribution in [3.63, 3.8) is 0 Å². The zero-order valence-electron chi connectivity index (χ0n) is 9.72. The van der Waals surface area contributed by atoms with Crippen LogP contribution >= 0.6 is 0 Å². The SMILES string of the molecule is C#Cc1cccc(Nc2ncc(F)cc2C(=O)O)c1. The Morgan fingerprint density at radius 1 is 1.42 bits per heavy atom. The summed E-state index contributed by atoms with van der Waals surface area (Å²) in [6.45, 7) is 0. The Morgan fingerprint density at radius 3 is 2.89 bits per heavy atom. The predicted octanol–water partition coefficient (Wildman–Crippen LogP) is 2.64. The van der Waals surface area contributed by atoms with Crippen molar-refractivity contribution in [1.82, 2.24) is 4.98 Å². The van der Waals surface area contributed by atoms with Gasteiger partial charge in [0.05, 0.1) is 6.20 Å². The molecule has 0 amide bonds. The third-order valence-electron chi connectivity index (χ3n) is 2.38. The largest absolute Gasteiger partial charge is 0.478 e. The van der Waals surface area contributed by atoms with Crippen LogP contribution in [0, 0.1) is 18.2 Å². The lowest BCUT2D eigenvalue weighted by molar-refractivity contribution is 0.0697. The molecule has 0 bridgehead atoms. The second kappa shape index (κ2) is 5.19. The number of nitrogens with zero attached hydrogens (tertiary/aromatic N) is 1. The summed E-state index contributed by atoms with van der Waals surface area (Å²) in [4.78, 5) is 14.7. The molecule has 0 saturated carbocycles. The molecule has 0 saturated heterocycles. The zero-order chi connectivity index (χ0) is 13.8. The van der Waals surface area contributed by atoms with Gasteiger partial charge in [0, 0.05) is 11.3 Å². The molecule has 1 aromatic carbocycles. The first kappa shape index (κ1) is 12.6.